The van der Waals surface area contributed by atoms with E-state index in [0.717, 1.165) is 27.6 Å². The molecule has 0 bridgehead atoms. The summed E-state index contributed by atoms with van der Waals surface area (Å²) in [4.78, 5) is 9.03. The van der Waals surface area contributed by atoms with E-state index in [1.54, 1.807) is 0 Å². The molecule has 1 saturated carbocycles. The van der Waals surface area contributed by atoms with Gasteiger partial charge in [-0.2, -0.15) is 0 Å². The van der Waals surface area contributed by atoms with Crippen molar-refractivity contribution in [1.29, 1.82) is 0 Å². The van der Waals surface area contributed by atoms with Crippen LogP contribution in [0.4, 0.5) is 17.3 Å². The number of hydrogen-bond acceptors (Lipinski definition) is 4. The maximum Gasteiger partial charge on any atom is 0.136 e. The van der Waals surface area contributed by atoms with Crippen molar-refractivity contribution in [3.63, 3.8) is 0 Å². The van der Waals surface area contributed by atoms with E-state index in [9.17, 15) is 0 Å². The molecule has 1 aromatic heterocycles. The van der Waals surface area contributed by atoms with Crippen LogP contribution in [0, 0.1) is 13.8 Å². The smallest absolute Gasteiger partial charge is 0.136 e. The normalized spacial score (nSPS) is 15.4. The summed E-state index contributed by atoms with van der Waals surface area (Å²) >= 11 is 3.60. The molecule has 2 aromatic rings. The van der Waals surface area contributed by atoms with Gasteiger partial charge in [0.1, 0.15) is 17.5 Å². The van der Waals surface area contributed by atoms with Crippen LogP contribution in [0.5, 0.6) is 0 Å². The molecule has 4 nitrogen and oxygen atoms in total. The molecule has 23 heavy (non-hydrogen) atoms. The lowest BCUT2D eigenvalue weighted by atomic mass is 9.95. The first kappa shape index (κ1) is 16.2. The summed E-state index contributed by atoms with van der Waals surface area (Å²) in [6.07, 6.45) is 6.44. The minimum absolute atomic E-state index is 0.539. The monoisotopic (exact) mass is 374 g/mol. The largest absolute Gasteiger partial charge is 0.367 e. The number of aromatic nitrogens is 2. The summed E-state index contributed by atoms with van der Waals surface area (Å²) in [6.45, 7) is 4.01. The molecular formula is C18H23BrN4. The van der Waals surface area contributed by atoms with Gasteiger partial charge in [0.2, 0.25) is 0 Å². The van der Waals surface area contributed by atoms with Gasteiger partial charge in [-0.1, -0.05) is 25.3 Å². The lowest BCUT2D eigenvalue weighted by Gasteiger charge is -2.23. The minimum atomic E-state index is 0.539. The van der Waals surface area contributed by atoms with Gasteiger partial charge >= 0.3 is 0 Å². The maximum atomic E-state index is 4.53. The van der Waals surface area contributed by atoms with Gasteiger partial charge in [-0.25, -0.2) is 9.97 Å². The SMILES string of the molecule is Cc1ccc(Nc2cc(NC3CCCCC3)nc(C)n2)c(Br)c1. The van der Waals surface area contributed by atoms with Crippen molar-refractivity contribution in [3.05, 3.63) is 40.1 Å². The van der Waals surface area contributed by atoms with Crippen molar-refractivity contribution < 1.29 is 0 Å². The highest BCUT2D eigenvalue weighted by atomic mass is 79.9. The molecule has 1 aliphatic rings. The van der Waals surface area contributed by atoms with Crippen LogP contribution in [0.25, 0.3) is 0 Å². The molecule has 0 radical (unpaired) electrons. The first-order valence-electron chi connectivity index (χ1n) is 8.25. The van der Waals surface area contributed by atoms with Crippen LogP contribution < -0.4 is 10.6 Å². The molecule has 0 aliphatic heterocycles. The number of hydrogen-bond donors (Lipinski definition) is 2. The third-order valence-electron chi connectivity index (χ3n) is 4.18. The number of anilines is 3. The van der Waals surface area contributed by atoms with Gasteiger partial charge in [-0.15, -0.1) is 0 Å². The van der Waals surface area contributed by atoms with E-state index < -0.39 is 0 Å². The first-order valence-corrected chi connectivity index (χ1v) is 9.05. The lowest BCUT2D eigenvalue weighted by Crippen LogP contribution is -2.23. The van der Waals surface area contributed by atoms with Crippen molar-refractivity contribution in [3.8, 4) is 0 Å². The molecule has 3 rings (SSSR count). The van der Waals surface area contributed by atoms with E-state index >= 15 is 0 Å². The Hall–Kier alpha value is -1.62. The molecule has 0 unspecified atom stereocenters. The molecule has 1 aliphatic carbocycles. The number of benzene rings is 1. The van der Waals surface area contributed by atoms with Gasteiger partial charge in [0.05, 0.1) is 5.69 Å². The van der Waals surface area contributed by atoms with Crippen molar-refractivity contribution in [2.24, 2.45) is 0 Å². The number of rotatable bonds is 4. The average Bonchev–Trinajstić information content (AvgIpc) is 2.50. The van der Waals surface area contributed by atoms with Crippen LogP contribution in [0.2, 0.25) is 0 Å². The van der Waals surface area contributed by atoms with Gasteiger partial charge in [0.15, 0.2) is 0 Å². The van der Waals surface area contributed by atoms with Gasteiger partial charge in [-0.3, -0.25) is 0 Å². The predicted octanol–water partition coefficient (Wildman–Crippen LogP) is 5.34. The summed E-state index contributed by atoms with van der Waals surface area (Å²) in [6, 6.07) is 8.77. The topological polar surface area (TPSA) is 49.8 Å². The van der Waals surface area contributed by atoms with E-state index in [1.165, 1.54) is 37.7 Å². The van der Waals surface area contributed by atoms with Gasteiger partial charge in [0.25, 0.3) is 0 Å². The fraction of sp³-hybridized carbons (Fsp3) is 0.444. The molecule has 0 saturated heterocycles. The van der Waals surface area contributed by atoms with Crippen LogP contribution in [-0.2, 0) is 0 Å². The number of nitrogens with one attached hydrogen (secondary N) is 2. The highest BCUT2D eigenvalue weighted by Crippen LogP contribution is 2.27. The Morgan fingerprint density at radius 2 is 1.74 bits per heavy atom. The Bertz CT molecular complexity index is 681. The number of nitrogens with zero attached hydrogens (tertiary/aromatic N) is 2. The Balaban J connectivity index is 1.76. The zero-order valence-corrected chi connectivity index (χ0v) is 15.3. The summed E-state index contributed by atoms with van der Waals surface area (Å²) in [5, 5.41) is 6.95. The molecular weight excluding hydrogens is 352 g/mol. The van der Waals surface area contributed by atoms with Crippen LogP contribution in [0.15, 0.2) is 28.7 Å². The first-order chi connectivity index (χ1) is 11.1. The van der Waals surface area contributed by atoms with Crippen LogP contribution in [0.3, 0.4) is 0 Å². The molecule has 0 spiro atoms. The Kier molecular flexibility index (Phi) is 5.16. The predicted molar refractivity (Wildman–Crippen MR) is 99.4 cm³/mol. The Morgan fingerprint density at radius 1 is 1.00 bits per heavy atom. The molecule has 1 heterocycles. The summed E-state index contributed by atoms with van der Waals surface area (Å²) in [7, 11) is 0. The van der Waals surface area contributed by atoms with Crippen LogP contribution >= 0.6 is 15.9 Å². The van der Waals surface area contributed by atoms with Crippen LogP contribution in [-0.4, -0.2) is 16.0 Å². The molecule has 1 fully saturated rings. The second kappa shape index (κ2) is 7.30. The summed E-state index contributed by atoms with van der Waals surface area (Å²) < 4.78 is 1.04. The van der Waals surface area contributed by atoms with Crippen molar-refractivity contribution in [1.82, 2.24) is 9.97 Å². The Labute approximate surface area is 146 Å². The third-order valence-corrected chi connectivity index (χ3v) is 4.84. The Morgan fingerprint density at radius 3 is 2.48 bits per heavy atom. The maximum absolute atomic E-state index is 4.53. The molecule has 0 atom stereocenters. The minimum Gasteiger partial charge on any atom is -0.367 e. The molecule has 1 aromatic carbocycles. The summed E-state index contributed by atoms with van der Waals surface area (Å²) in [5.74, 6) is 2.51. The molecule has 5 heteroatoms. The van der Waals surface area contributed by atoms with Crippen LogP contribution in [0.1, 0.15) is 43.5 Å². The second-order valence-electron chi connectivity index (χ2n) is 6.27. The number of halogens is 1. The van der Waals surface area contributed by atoms with Gasteiger partial charge in [-0.05, 0) is 60.3 Å². The lowest BCUT2D eigenvalue weighted by molar-refractivity contribution is 0.462. The van der Waals surface area contributed by atoms with E-state index in [0.29, 0.717) is 6.04 Å². The van der Waals surface area contributed by atoms with Crippen molar-refractivity contribution in [2.75, 3.05) is 10.6 Å². The van der Waals surface area contributed by atoms with Crippen molar-refractivity contribution in [2.45, 2.75) is 52.0 Å². The summed E-state index contributed by atoms with van der Waals surface area (Å²) in [5.41, 5.74) is 2.23. The highest BCUT2D eigenvalue weighted by Gasteiger charge is 2.14. The van der Waals surface area contributed by atoms with E-state index in [-0.39, 0.29) is 0 Å². The average molecular weight is 375 g/mol. The third kappa shape index (κ3) is 4.44. The second-order valence-corrected chi connectivity index (χ2v) is 7.13. The van der Waals surface area contributed by atoms with Gasteiger partial charge in [0, 0.05) is 16.6 Å². The van der Waals surface area contributed by atoms with Crippen molar-refractivity contribution >= 4 is 33.3 Å². The van der Waals surface area contributed by atoms with E-state index in [1.807, 2.05) is 13.0 Å². The molecule has 0 amide bonds. The molecule has 2 N–H and O–H groups in total. The zero-order chi connectivity index (χ0) is 16.2. The fourth-order valence-corrected chi connectivity index (χ4v) is 3.61. The number of aryl methyl sites for hydroxylation is 2. The van der Waals surface area contributed by atoms with Gasteiger partial charge < -0.3 is 10.6 Å². The fourth-order valence-electron chi connectivity index (χ4n) is 3.02. The molecule has 122 valence electrons. The highest BCUT2D eigenvalue weighted by molar-refractivity contribution is 9.10. The van der Waals surface area contributed by atoms with E-state index in [4.69, 9.17) is 0 Å². The zero-order valence-electron chi connectivity index (χ0n) is 13.7. The van der Waals surface area contributed by atoms with E-state index in [2.05, 4.69) is 61.7 Å². The quantitative estimate of drug-likeness (QED) is 0.757. The standard InChI is InChI=1S/C18H23BrN4/c1-12-8-9-16(15(19)10-12)23-18-11-17(20-13(2)21-18)22-14-6-4-3-5-7-14/h8-11,14H,3-7H2,1-2H3,(H2,20,21,22,23).